The van der Waals surface area contributed by atoms with Gasteiger partial charge in [0.25, 0.3) is 0 Å². The van der Waals surface area contributed by atoms with Gasteiger partial charge in [0.15, 0.2) is 23.1 Å². The summed E-state index contributed by atoms with van der Waals surface area (Å²) in [5.74, 6) is -0.823. The number of benzene rings is 12. The Labute approximate surface area is 448 Å². The minimum atomic E-state index is -0.210. The number of carbonyl (C=O) groups is 4. The molecule has 0 amide bonds. The third-order valence-corrected chi connectivity index (χ3v) is 15.2. The van der Waals surface area contributed by atoms with Gasteiger partial charge in [0, 0.05) is 55.8 Å². The average molecular weight is 1000 g/mol. The second-order valence-corrected chi connectivity index (χ2v) is 19.8. The fourth-order valence-corrected chi connectivity index (χ4v) is 11.5. The Balaban J connectivity index is 0.000000145. The fraction of sp³-hybridized carbons (Fsp3) is 0. The van der Waals surface area contributed by atoms with Gasteiger partial charge >= 0.3 is 0 Å². The van der Waals surface area contributed by atoms with Crippen LogP contribution in [0.4, 0.5) is 17.1 Å². The molecule has 12 aromatic carbocycles. The Morgan fingerprint density at radius 1 is 0.295 bits per heavy atom. The Kier molecular flexibility index (Phi) is 11.0. The lowest BCUT2D eigenvalue weighted by molar-refractivity contribution is 0.0975. The molecule has 1 aromatic heterocycles. The molecule has 0 saturated carbocycles. The maximum Gasteiger partial charge on any atom is 0.197 e. The van der Waals surface area contributed by atoms with Crippen LogP contribution in [-0.2, 0) is 0 Å². The summed E-state index contributed by atoms with van der Waals surface area (Å²) in [6, 6.07) is 85.5. The first kappa shape index (κ1) is 46.0. The van der Waals surface area contributed by atoms with Crippen molar-refractivity contribution >= 4 is 117 Å². The zero-order valence-electron chi connectivity index (χ0n) is 41.9. The molecule has 0 atom stereocenters. The molecular formula is C72H44N2O4. The highest BCUT2D eigenvalue weighted by Gasteiger charge is 2.34. The minimum Gasteiger partial charge on any atom is -0.310 e. The zero-order chi connectivity index (χ0) is 52.4. The number of carbonyl (C=O) groups excluding carboxylic acids is 4. The third kappa shape index (κ3) is 7.82. The van der Waals surface area contributed by atoms with Gasteiger partial charge in [0.05, 0.1) is 22.2 Å². The number of Topliss-reactive ketones (excluding diaryl/α,β-unsaturated/α-hetero) is 4. The van der Waals surface area contributed by atoms with Crippen molar-refractivity contribution in [2.24, 2.45) is 0 Å². The van der Waals surface area contributed by atoms with Crippen LogP contribution in [0, 0.1) is 0 Å². The van der Waals surface area contributed by atoms with Crippen LogP contribution < -0.4 is 4.90 Å². The maximum absolute atomic E-state index is 13.3. The minimum absolute atomic E-state index is 0.202. The summed E-state index contributed by atoms with van der Waals surface area (Å²) in [6.07, 6.45) is 3.46. The largest absolute Gasteiger partial charge is 0.310 e. The number of ketones is 4. The second-order valence-electron chi connectivity index (χ2n) is 19.8. The van der Waals surface area contributed by atoms with Crippen molar-refractivity contribution in [2.75, 3.05) is 4.90 Å². The van der Waals surface area contributed by atoms with Crippen molar-refractivity contribution < 1.29 is 19.2 Å². The number of allylic oxidation sites excluding steroid dienone is 2. The number of hydrogen-bond donors (Lipinski definition) is 0. The monoisotopic (exact) mass is 1000 g/mol. The zero-order valence-corrected chi connectivity index (χ0v) is 41.9. The number of nitrogens with zero attached hydrogens (tertiary/aromatic N) is 2. The molecule has 0 saturated heterocycles. The Morgan fingerprint density at radius 3 is 1.37 bits per heavy atom. The number of aromatic nitrogens is 1. The second kappa shape index (κ2) is 18.7. The van der Waals surface area contributed by atoms with Crippen LogP contribution in [-0.4, -0.2) is 27.7 Å². The van der Waals surface area contributed by atoms with Crippen LogP contribution in [0.3, 0.4) is 0 Å². The smallest absolute Gasteiger partial charge is 0.197 e. The molecule has 0 radical (unpaired) electrons. The van der Waals surface area contributed by atoms with Gasteiger partial charge in [0.1, 0.15) is 0 Å². The van der Waals surface area contributed by atoms with Crippen LogP contribution >= 0.6 is 0 Å². The molecule has 13 aromatic rings. The van der Waals surface area contributed by atoms with Gasteiger partial charge in [-0.2, -0.15) is 0 Å². The van der Waals surface area contributed by atoms with E-state index in [0.29, 0.717) is 22.3 Å². The van der Waals surface area contributed by atoms with Crippen LogP contribution in [0.25, 0.3) is 82.7 Å². The molecule has 0 unspecified atom stereocenters. The number of anilines is 3. The van der Waals surface area contributed by atoms with E-state index in [1.54, 1.807) is 36.4 Å². The summed E-state index contributed by atoms with van der Waals surface area (Å²) in [5.41, 5.74) is 10.8. The summed E-state index contributed by atoms with van der Waals surface area (Å²) in [4.78, 5) is 54.5. The van der Waals surface area contributed by atoms with E-state index < -0.39 is 0 Å². The Morgan fingerprint density at radius 2 is 0.756 bits per heavy atom. The van der Waals surface area contributed by atoms with Crippen LogP contribution in [0.1, 0.15) is 52.6 Å². The van der Waals surface area contributed by atoms with Gasteiger partial charge in [-0.25, -0.2) is 0 Å². The lowest BCUT2D eigenvalue weighted by Crippen LogP contribution is -2.09. The van der Waals surface area contributed by atoms with Gasteiger partial charge < -0.3 is 9.47 Å². The summed E-state index contributed by atoms with van der Waals surface area (Å²) in [7, 11) is 0. The molecule has 6 nitrogen and oxygen atoms in total. The van der Waals surface area contributed by atoms with Crippen molar-refractivity contribution in [1.29, 1.82) is 0 Å². The molecule has 2 aliphatic carbocycles. The molecule has 0 fully saturated rings. The topological polar surface area (TPSA) is 76.5 Å². The van der Waals surface area contributed by atoms with Gasteiger partial charge in [0.2, 0.25) is 0 Å². The van der Waals surface area contributed by atoms with E-state index in [0.717, 1.165) is 88.0 Å². The molecule has 0 N–H and O–H groups in total. The molecule has 366 valence electrons. The fourth-order valence-electron chi connectivity index (χ4n) is 11.5. The predicted molar refractivity (Wildman–Crippen MR) is 318 cm³/mol. The first-order valence-electron chi connectivity index (χ1n) is 26.0. The van der Waals surface area contributed by atoms with Gasteiger partial charge in [-0.1, -0.05) is 158 Å². The number of rotatable bonds is 6. The van der Waals surface area contributed by atoms with Crippen molar-refractivity contribution in [1.82, 2.24) is 4.57 Å². The molecule has 78 heavy (non-hydrogen) atoms. The number of fused-ring (bicyclic) bond motifs is 10. The molecule has 0 aliphatic heterocycles. The highest BCUT2D eigenvalue weighted by molar-refractivity contribution is 6.42. The summed E-state index contributed by atoms with van der Waals surface area (Å²) >= 11 is 0. The van der Waals surface area contributed by atoms with E-state index in [2.05, 4.69) is 173 Å². The molecule has 6 heteroatoms. The van der Waals surface area contributed by atoms with Crippen molar-refractivity contribution in [3.05, 3.63) is 299 Å². The summed E-state index contributed by atoms with van der Waals surface area (Å²) in [5, 5.41) is 10.9. The molecular weight excluding hydrogens is 957 g/mol. The van der Waals surface area contributed by atoms with E-state index >= 15 is 0 Å². The Bertz CT molecular complexity index is 4610. The molecule has 0 bridgehead atoms. The first-order valence-corrected chi connectivity index (χ1v) is 26.0. The van der Waals surface area contributed by atoms with E-state index in [4.69, 9.17) is 0 Å². The van der Waals surface area contributed by atoms with Crippen LogP contribution in [0.2, 0.25) is 0 Å². The molecule has 0 spiro atoms. The van der Waals surface area contributed by atoms with Crippen molar-refractivity contribution in [3.63, 3.8) is 0 Å². The van der Waals surface area contributed by atoms with E-state index in [1.807, 2.05) is 66.7 Å². The van der Waals surface area contributed by atoms with E-state index in [1.165, 1.54) is 10.8 Å². The van der Waals surface area contributed by atoms with Crippen molar-refractivity contribution in [3.8, 4) is 5.69 Å². The standard InChI is InChI=1S/C40H25NO2.C32H19NO2/c42-39-36-24-27-9-7-8-10-28(27)25-37(36)40(43)38(39)20-26-15-16-29-22-32-23-35(18-17-30(32)21-31(29)19-26)41(33-11-3-1-4-12-33)34-13-5-2-6-14-34;34-31-24-10-4-5-11-25(24)32(35)27(31)19-20-14-16-23-21(18-20)15-17-29-30(23)26-12-6-7-13-28(26)33(29)22-8-2-1-3-9-22/h1-25H;1-19H. The predicted octanol–water partition coefficient (Wildman–Crippen LogP) is 17.5. The molecule has 15 rings (SSSR count). The average Bonchev–Trinajstić information content (AvgIpc) is 4.24. The lowest BCUT2D eigenvalue weighted by Gasteiger charge is -2.25. The van der Waals surface area contributed by atoms with Gasteiger partial charge in [-0.3, -0.25) is 19.2 Å². The maximum atomic E-state index is 13.3. The van der Waals surface area contributed by atoms with Crippen LogP contribution in [0.15, 0.2) is 266 Å². The van der Waals surface area contributed by atoms with E-state index in [9.17, 15) is 19.2 Å². The SMILES string of the molecule is O=C1C(=Cc2ccc3c(ccc4c3c3ccccc3n4-c3ccccc3)c2)C(=O)c2ccccc21.O=C1C(=Cc2ccc3cc4cc(N(c5ccccc5)c5ccccc5)ccc4cc3c2)C(=O)c2cc3ccccc3cc21. The first-order chi connectivity index (χ1) is 38.3. The summed E-state index contributed by atoms with van der Waals surface area (Å²) < 4.78 is 2.30. The highest BCUT2D eigenvalue weighted by Crippen LogP contribution is 2.40. The lowest BCUT2D eigenvalue weighted by atomic mass is 9.99. The summed E-state index contributed by atoms with van der Waals surface area (Å²) in [6.45, 7) is 0. The Hall–Kier alpha value is -10.6. The quantitative estimate of drug-likeness (QED) is 0.0942. The number of hydrogen-bond acceptors (Lipinski definition) is 5. The van der Waals surface area contributed by atoms with Gasteiger partial charge in [-0.15, -0.1) is 0 Å². The molecule has 2 aliphatic rings. The third-order valence-electron chi connectivity index (χ3n) is 15.2. The van der Waals surface area contributed by atoms with Crippen LogP contribution in [0.5, 0.6) is 0 Å². The number of para-hydroxylation sites is 4. The van der Waals surface area contributed by atoms with Crippen molar-refractivity contribution in [2.45, 2.75) is 0 Å². The van der Waals surface area contributed by atoms with Gasteiger partial charge in [-0.05, 0) is 163 Å². The highest BCUT2D eigenvalue weighted by atomic mass is 16.2. The van der Waals surface area contributed by atoms with E-state index in [-0.39, 0.29) is 34.3 Å². The molecule has 1 heterocycles. The normalized spacial score (nSPS) is 12.9.